The molecule has 1 aliphatic rings. The van der Waals surface area contributed by atoms with Gasteiger partial charge in [-0.3, -0.25) is 4.79 Å². The average molecular weight is 410 g/mol. The van der Waals surface area contributed by atoms with Crippen LogP contribution < -0.4 is 9.88 Å². The second-order valence-electron chi connectivity index (χ2n) is 8.27. The third-order valence-corrected chi connectivity index (χ3v) is 5.93. The van der Waals surface area contributed by atoms with Crippen LogP contribution in [-0.2, 0) is 6.42 Å². The lowest BCUT2D eigenvalue weighted by Gasteiger charge is -2.20. The summed E-state index contributed by atoms with van der Waals surface area (Å²) >= 11 is 0. The van der Waals surface area contributed by atoms with Crippen molar-refractivity contribution in [2.45, 2.75) is 32.4 Å². The van der Waals surface area contributed by atoms with Crippen LogP contribution in [0.1, 0.15) is 44.7 Å². The zero-order valence-corrected chi connectivity index (χ0v) is 17.7. The summed E-state index contributed by atoms with van der Waals surface area (Å²) in [4.78, 5) is 13.2. The Kier molecular flexibility index (Phi) is 4.86. The van der Waals surface area contributed by atoms with Crippen molar-refractivity contribution in [1.29, 1.82) is 0 Å². The van der Waals surface area contributed by atoms with Gasteiger partial charge in [0.1, 0.15) is 11.7 Å². The van der Waals surface area contributed by atoms with E-state index in [1.807, 2.05) is 79.7 Å². The SMILES string of the molecule is Cc1cc(C)cc(C(=O)N[C@@H]2c3ccccc3C[C@H]2[n+]2cnn(-c3ccccc3)c2)c1. The molecule has 154 valence electrons. The molecular formula is C26H25N4O+. The number of hydrogen-bond acceptors (Lipinski definition) is 2. The molecule has 1 N–H and O–H groups in total. The minimum absolute atomic E-state index is 0.0467. The van der Waals surface area contributed by atoms with E-state index in [0.29, 0.717) is 5.56 Å². The van der Waals surface area contributed by atoms with Gasteiger partial charge in [0.05, 0.1) is 6.04 Å². The van der Waals surface area contributed by atoms with Crippen molar-refractivity contribution >= 4 is 5.91 Å². The first-order valence-electron chi connectivity index (χ1n) is 10.6. The van der Waals surface area contributed by atoms with Gasteiger partial charge in [0, 0.05) is 17.1 Å². The predicted molar refractivity (Wildman–Crippen MR) is 119 cm³/mol. The Morgan fingerprint density at radius 1 is 1.00 bits per heavy atom. The summed E-state index contributed by atoms with van der Waals surface area (Å²) in [6, 6.07) is 24.3. The van der Waals surface area contributed by atoms with Crippen molar-refractivity contribution < 1.29 is 9.36 Å². The van der Waals surface area contributed by atoms with E-state index >= 15 is 0 Å². The molecule has 5 nitrogen and oxygen atoms in total. The standard InChI is InChI=1S/C26H24N4O/c1-18-12-19(2)14-21(13-18)26(31)28-25-23-11-7-6-8-20(23)15-24(25)29-16-27-30(17-29)22-9-4-3-5-10-22/h3-14,16-17,24-25H,15H2,1-2H3/p+1/t24-,25-/m1/s1. The number of benzene rings is 3. The van der Waals surface area contributed by atoms with Crippen molar-refractivity contribution in [2.24, 2.45) is 0 Å². The fraction of sp³-hybridized carbons (Fsp3) is 0.192. The van der Waals surface area contributed by atoms with Crippen LogP contribution in [0.15, 0.2) is 85.5 Å². The highest BCUT2D eigenvalue weighted by Gasteiger charge is 2.37. The monoisotopic (exact) mass is 409 g/mol. The minimum Gasteiger partial charge on any atom is -0.342 e. The number of carbonyl (C=O) groups excluding carboxylic acids is 1. The van der Waals surface area contributed by atoms with E-state index < -0.39 is 0 Å². The Morgan fingerprint density at radius 2 is 1.71 bits per heavy atom. The van der Waals surface area contributed by atoms with Crippen LogP contribution in [0.5, 0.6) is 0 Å². The van der Waals surface area contributed by atoms with Gasteiger partial charge in [-0.15, -0.1) is 0 Å². The zero-order chi connectivity index (χ0) is 21.4. The number of carbonyl (C=O) groups is 1. The van der Waals surface area contributed by atoms with Crippen LogP contribution in [0.3, 0.4) is 0 Å². The first-order chi connectivity index (χ1) is 15.1. The maximum atomic E-state index is 13.2. The second kappa shape index (κ2) is 7.84. The van der Waals surface area contributed by atoms with Crippen LogP contribution in [0, 0.1) is 13.8 Å². The van der Waals surface area contributed by atoms with Gasteiger partial charge in [-0.1, -0.05) is 64.3 Å². The number of aryl methyl sites for hydroxylation is 2. The van der Waals surface area contributed by atoms with Crippen molar-refractivity contribution in [2.75, 3.05) is 0 Å². The average Bonchev–Trinajstić information content (AvgIpc) is 3.39. The molecule has 0 saturated heterocycles. The fourth-order valence-corrected chi connectivity index (χ4v) is 4.54. The maximum absolute atomic E-state index is 13.2. The molecule has 0 bridgehead atoms. The largest absolute Gasteiger partial charge is 0.342 e. The molecule has 0 unspecified atom stereocenters. The summed E-state index contributed by atoms with van der Waals surface area (Å²) in [5, 5.41) is 7.86. The molecule has 31 heavy (non-hydrogen) atoms. The Hall–Kier alpha value is -3.73. The van der Waals surface area contributed by atoms with Gasteiger partial charge in [0.15, 0.2) is 0 Å². The lowest BCUT2D eigenvalue weighted by molar-refractivity contribution is -0.725. The van der Waals surface area contributed by atoms with Crippen LogP contribution in [0.2, 0.25) is 0 Å². The number of aromatic nitrogens is 3. The Morgan fingerprint density at radius 3 is 2.48 bits per heavy atom. The highest BCUT2D eigenvalue weighted by molar-refractivity contribution is 5.95. The molecule has 2 atom stereocenters. The summed E-state index contributed by atoms with van der Waals surface area (Å²) in [5.41, 5.74) is 6.32. The number of hydrogen-bond donors (Lipinski definition) is 1. The lowest BCUT2D eigenvalue weighted by Crippen LogP contribution is -2.45. The number of nitrogens with zero attached hydrogens (tertiary/aromatic N) is 3. The predicted octanol–water partition coefficient (Wildman–Crippen LogP) is 4.05. The summed E-state index contributed by atoms with van der Waals surface area (Å²) in [6.45, 7) is 4.04. The van der Waals surface area contributed by atoms with E-state index in [1.54, 1.807) is 0 Å². The first kappa shape index (κ1) is 19.2. The molecule has 1 aromatic heterocycles. The van der Waals surface area contributed by atoms with Gasteiger partial charge in [0.25, 0.3) is 12.2 Å². The molecule has 0 spiro atoms. The van der Waals surface area contributed by atoms with Crippen molar-refractivity contribution in [3.05, 3.63) is 113 Å². The molecule has 3 aromatic carbocycles. The summed E-state index contributed by atoms with van der Waals surface area (Å²) < 4.78 is 3.98. The summed E-state index contributed by atoms with van der Waals surface area (Å²) in [7, 11) is 0. The van der Waals surface area contributed by atoms with E-state index in [-0.39, 0.29) is 18.0 Å². The second-order valence-corrected chi connectivity index (χ2v) is 8.27. The highest BCUT2D eigenvalue weighted by atomic mass is 16.1. The van der Waals surface area contributed by atoms with E-state index in [4.69, 9.17) is 0 Å². The molecule has 5 rings (SSSR count). The third kappa shape index (κ3) is 3.75. The van der Waals surface area contributed by atoms with Crippen molar-refractivity contribution in [3.8, 4) is 5.69 Å². The van der Waals surface area contributed by atoms with Crippen LogP contribution in [0.25, 0.3) is 5.69 Å². The molecule has 1 amide bonds. The molecular weight excluding hydrogens is 384 g/mol. The Labute approximate surface area is 182 Å². The molecule has 0 radical (unpaired) electrons. The topological polar surface area (TPSA) is 50.8 Å². The Bertz CT molecular complexity index is 1230. The zero-order valence-electron chi connectivity index (χ0n) is 17.7. The first-order valence-corrected chi connectivity index (χ1v) is 10.6. The summed E-state index contributed by atoms with van der Waals surface area (Å²) in [5.74, 6) is -0.0467. The Balaban J connectivity index is 1.47. The van der Waals surface area contributed by atoms with Gasteiger partial charge in [-0.05, 0) is 49.2 Å². The highest BCUT2D eigenvalue weighted by Crippen LogP contribution is 2.36. The molecule has 0 fully saturated rings. The molecule has 0 saturated carbocycles. The van der Waals surface area contributed by atoms with Gasteiger partial charge in [0.2, 0.25) is 6.33 Å². The van der Waals surface area contributed by atoms with Crippen molar-refractivity contribution in [3.63, 3.8) is 0 Å². The number of fused-ring (bicyclic) bond motifs is 1. The van der Waals surface area contributed by atoms with E-state index in [1.165, 1.54) is 11.1 Å². The third-order valence-electron chi connectivity index (χ3n) is 5.93. The quantitative estimate of drug-likeness (QED) is 0.517. The van der Waals surface area contributed by atoms with Gasteiger partial charge < -0.3 is 5.32 Å². The molecule has 5 heteroatoms. The van der Waals surface area contributed by atoms with E-state index in [2.05, 4.69) is 39.2 Å². The van der Waals surface area contributed by atoms with Gasteiger partial charge in [-0.2, -0.15) is 0 Å². The van der Waals surface area contributed by atoms with Crippen LogP contribution in [0.4, 0.5) is 0 Å². The molecule has 0 aliphatic heterocycles. The molecule has 4 aromatic rings. The number of amides is 1. The number of para-hydroxylation sites is 1. The van der Waals surface area contributed by atoms with Gasteiger partial charge in [-0.25, -0.2) is 4.57 Å². The summed E-state index contributed by atoms with van der Waals surface area (Å²) in [6.07, 6.45) is 4.69. The fourth-order valence-electron chi connectivity index (χ4n) is 4.54. The van der Waals surface area contributed by atoms with Gasteiger partial charge >= 0.3 is 0 Å². The smallest absolute Gasteiger partial charge is 0.265 e. The number of nitrogens with one attached hydrogen (secondary N) is 1. The number of rotatable bonds is 4. The van der Waals surface area contributed by atoms with Crippen LogP contribution in [-0.4, -0.2) is 15.7 Å². The van der Waals surface area contributed by atoms with E-state index in [9.17, 15) is 4.79 Å². The lowest BCUT2D eigenvalue weighted by atomic mass is 10.0. The molecule has 1 aliphatic carbocycles. The minimum atomic E-state index is -0.122. The normalized spacial score (nSPS) is 17.4. The maximum Gasteiger partial charge on any atom is 0.265 e. The molecule has 1 heterocycles. The van der Waals surface area contributed by atoms with Crippen molar-refractivity contribution in [1.82, 2.24) is 15.1 Å². The van der Waals surface area contributed by atoms with E-state index in [0.717, 1.165) is 23.2 Å². The van der Waals surface area contributed by atoms with Crippen LogP contribution >= 0.6 is 0 Å².